The van der Waals surface area contributed by atoms with Crippen LogP contribution in [0.25, 0.3) is 11.4 Å². The number of likely N-dealkylation sites (N-methyl/N-ethyl adjacent to an activating group) is 1. The molecule has 2 heterocycles. The normalized spacial score (nSPS) is 14.5. The van der Waals surface area contributed by atoms with E-state index in [4.69, 9.17) is 9.72 Å². The number of ether oxygens (including phenoxy) is 1. The van der Waals surface area contributed by atoms with Crippen molar-refractivity contribution in [3.05, 3.63) is 39.8 Å². The van der Waals surface area contributed by atoms with Crippen molar-refractivity contribution >= 4 is 11.7 Å². The SMILES string of the molecule is CCCOc1ccc(NC(=O)N2CCN(C)CC2)cc1-c1nc(CC)c(CC)c(=O)[nH]1. The van der Waals surface area contributed by atoms with Gasteiger partial charge in [0.05, 0.1) is 17.9 Å². The van der Waals surface area contributed by atoms with Crippen molar-refractivity contribution in [3.8, 4) is 17.1 Å². The lowest BCUT2D eigenvalue weighted by molar-refractivity contribution is 0.164. The van der Waals surface area contributed by atoms with Crippen molar-refractivity contribution in [2.75, 3.05) is 45.2 Å². The van der Waals surface area contributed by atoms with Gasteiger partial charge < -0.3 is 24.8 Å². The Bertz CT molecular complexity index is 964. The summed E-state index contributed by atoms with van der Waals surface area (Å²) in [6, 6.07) is 5.34. The average molecular weight is 428 g/mol. The number of rotatable bonds is 7. The number of aryl methyl sites for hydroxylation is 1. The molecule has 8 heteroatoms. The number of hydrogen-bond donors (Lipinski definition) is 2. The number of H-pyrrole nitrogens is 1. The molecule has 31 heavy (non-hydrogen) atoms. The summed E-state index contributed by atoms with van der Waals surface area (Å²) in [5, 5.41) is 2.98. The smallest absolute Gasteiger partial charge is 0.321 e. The minimum Gasteiger partial charge on any atom is -0.493 e. The molecular formula is C23H33N5O3. The first-order valence-corrected chi connectivity index (χ1v) is 11.1. The molecule has 0 radical (unpaired) electrons. The molecular weight excluding hydrogens is 394 g/mol. The number of urea groups is 1. The quantitative estimate of drug-likeness (QED) is 0.709. The summed E-state index contributed by atoms with van der Waals surface area (Å²) in [5.41, 5.74) is 2.68. The summed E-state index contributed by atoms with van der Waals surface area (Å²) < 4.78 is 5.91. The summed E-state index contributed by atoms with van der Waals surface area (Å²) >= 11 is 0. The maximum atomic E-state index is 12.7. The number of nitrogens with one attached hydrogen (secondary N) is 2. The maximum Gasteiger partial charge on any atom is 0.321 e. The second kappa shape index (κ2) is 10.4. The third kappa shape index (κ3) is 5.44. The molecule has 3 rings (SSSR count). The van der Waals surface area contributed by atoms with E-state index in [2.05, 4.69) is 22.2 Å². The van der Waals surface area contributed by atoms with E-state index in [0.717, 1.165) is 25.2 Å². The largest absolute Gasteiger partial charge is 0.493 e. The van der Waals surface area contributed by atoms with Gasteiger partial charge >= 0.3 is 6.03 Å². The van der Waals surface area contributed by atoms with Crippen LogP contribution in [0.15, 0.2) is 23.0 Å². The van der Waals surface area contributed by atoms with E-state index < -0.39 is 0 Å². The van der Waals surface area contributed by atoms with E-state index in [9.17, 15) is 9.59 Å². The standard InChI is InChI=1S/C23H33N5O3/c1-5-14-31-20-9-8-16(24-23(30)28-12-10-27(4)11-13-28)15-18(20)21-25-19(7-3)17(6-2)22(29)26-21/h8-9,15H,5-7,10-14H2,1-4H3,(H,24,30)(H,25,26,29). The second-order valence-electron chi connectivity index (χ2n) is 7.83. The molecule has 2 N–H and O–H groups in total. The van der Waals surface area contributed by atoms with Crippen molar-refractivity contribution in [1.29, 1.82) is 0 Å². The van der Waals surface area contributed by atoms with Crippen LogP contribution in [-0.2, 0) is 12.8 Å². The maximum absolute atomic E-state index is 12.7. The topological polar surface area (TPSA) is 90.6 Å². The van der Waals surface area contributed by atoms with E-state index in [1.807, 2.05) is 43.9 Å². The fraction of sp³-hybridized carbons (Fsp3) is 0.522. The molecule has 1 aliphatic heterocycles. The molecule has 168 valence electrons. The van der Waals surface area contributed by atoms with Crippen LogP contribution in [0.3, 0.4) is 0 Å². The van der Waals surface area contributed by atoms with Crippen LogP contribution in [0.5, 0.6) is 5.75 Å². The molecule has 0 aliphatic carbocycles. The van der Waals surface area contributed by atoms with Crippen molar-refractivity contribution in [2.24, 2.45) is 0 Å². The van der Waals surface area contributed by atoms with Gasteiger partial charge in [0.25, 0.3) is 5.56 Å². The van der Waals surface area contributed by atoms with Gasteiger partial charge in [0.1, 0.15) is 11.6 Å². The van der Waals surface area contributed by atoms with Crippen molar-refractivity contribution in [3.63, 3.8) is 0 Å². The minimum atomic E-state index is -0.127. The highest BCUT2D eigenvalue weighted by Gasteiger charge is 2.20. The number of piperazine rings is 1. The van der Waals surface area contributed by atoms with E-state index >= 15 is 0 Å². The van der Waals surface area contributed by atoms with Gasteiger partial charge in [0.2, 0.25) is 0 Å². The zero-order valence-electron chi connectivity index (χ0n) is 19.0. The van der Waals surface area contributed by atoms with E-state index in [0.29, 0.717) is 60.9 Å². The fourth-order valence-electron chi connectivity index (χ4n) is 3.67. The Morgan fingerprint density at radius 1 is 1.16 bits per heavy atom. The first-order chi connectivity index (χ1) is 15.0. The molecule has 1 aromatic heterocycles. The average Bonchev–Trinajstić information content (AvgIpc) is 2.77. The first kappa shape index (κ1) is 22.8. The second-order valence-corrected chi connectivity index (χ2v) is 7.83. The number of aromatic nitrogens is 2. The van der Waals surface area contributed by atoms with Crippen LogP contribution >= 0.6 is 0 Å². The van der Waals surface area contributed by atoms with Gasteiger partial charge in [-0.2, -0.15) is 0 Å². The Balaban J connectivity index is 1.93. The van der Waals surface area contributed by atoms with Crippen LogP contribution in [0.4, 0.5) is 10.5 Å². The van der Waals surface area contributed by atoms with E-state index in [1.54, 1.807) is 0 Å². The summed E-state index contributed by atoms with van der Waals surface area (Å²) in [5.74, 6) is 1.09. The number of nitrogens with zero attached hydrogens (tertiary/aromatic N) is 3. The molecule has 8 nitrogen and oxygen atoms in total. The third-order valence-corrected chi connectivity index (χ3v) is 5.53. The van der Waals surface area contributed by atoms with Gasteiger partial charge in [-0.15, -0.1) is 0 Å². The van der Waals surface area contributed by atoms with Crippen molar-refractivity contribution in [2.45, 2.75) is 40.0 Å². The molecule has 1 aromatic carbocycles. The Morgan fingerprint density at radius 3 is 2.55 bits per heavy atom. The lowest BCUT2D eigenvalue weighted by atomic mass is 10.1. The zero-order valence-corrected chi connectivity index (χ0v) is 19.0. The molecule has 1 saturated heterocycles. The van der Waals surface area contributed by atoms with Crippen molar-refractivity contribution < 1.29 is 9.53 Å². The minimum absolute atomic E-state index is 0.127. The van der Waals surface area contributed by atoms with E-state index in [-0.39, 0.29) is 11.6 Å². The summed E-state index contributed by atoms with van der Waals surface area (Å²) in [6.07, 6.45) is 2.16. The summed E-state index contributed by atoms with van der Waals surface area (Å²) in [7, 11) is 2.05. The lowest BCUT2D eigenvalue weighted by Gasteiger charge is -2.32. The zero-order chi connectivity index (χ0) is 22.4. The van der Waals surface area contributed by atoms with Crippen LogP contribution in [0.2, 0.25) is 0 Å². The molecule has 0 saturated carbocycles. The highest BCUT2D eigenvalue weighted by molar-refractivity contribution is 5.90. The summed E-state index contributed by atoms with van der Waals surface area (Å²) in [6.45, 7) is 9.64. The Hall–Kier alpha value is -2.87. The number of carbonyl (C=O) groups is 1. The Morgan fingerprint density at radius 2 is 1.90 bits per heavy atom. The number of anilines is 1. The van der Waals surface area contributed by atoms with E-state index in [1.165, 1.54) is 0 Å². The molecule has 1 aliphatic rings. The lowest BCUT2D eigenvalue weighted by Crippen LogP contribution is -2.48. The number of carbonyl (C=O) groups excluding carboxylic acids is 1. The predicted octanol–water partition coefficient (Wildman–Crippen LogP) is 3.13. The van der Waals surface area contributed by atoms with Crippen LogP contribution in [0, 0.1) is 0 Å². The number of amides is 2. The summed E-state index contributed by atoms with van der Waals surface area (Å²) in [4.78, 5) is 37.0. The highest BCUT2D eigenvalue weighted by atomic mass is 16.5. The van der Waals surface area contributed by atoms with Gasteiger partial charge in [-0.3, -0.25) is 4.79 Å². The fourth-order valence-corrected chi connectivity index (χ4v) is 3.67. The molecule has 2 aromatic rings. The van der Waals surface area contributed by atoms with Gasteiger partial charge in [-0.1, -0.05) is 20.8 Å². The van der Waals surface area contributed by atoms with Gasteiger partial charge in [0.15, 0.2) is 0 Å². The highest BCUT2D eigenvalue weighted by Crippen LogP contribution is 2.31. The molecule has 2 amide bonds. The molecule has 0 spiro atoms. The van der Waals surface area contributed by atoms with Gasteiger partial charge in [-0.25, -0.2) is 9.78 Å². The van der Waals surface area contributed by atoms with Crippen LogP contribution in [0.1, 0.15) is 38.4 Å². The molecule has 0 bridgehead atoms. The van der Waals surface area contributed by atoms with Gasteiger partial charge in [0, 0.05) is 37.4 Å². The molecule has 0 atom stereocenters. The van der Waals surface area contributed by atoms with Crippen molar-refractivity contribution in [1.82, 2.24) is 19.8 Å². The monoisotopic (exact) mass is 427 g/mol. The Labute approximate surface area is 183 Å². The number of aromatic amines is 1. The number of benzene rings is 1. The number of hydrogen-bond acceptors (Lipinski definition) is 5. The van der Waals surface area contributed by atoms with Crippen LogP contribution in [-0.4, -0.2) is 65.6 Å². The molecule has 0 unspecified atom stereocenters. The van der Waals surface area contributed by atoms with Gasteiger partial charge in [-0.05, 0) is 44.5 Å². The van der Waals surface area contributed by atoms with Crippen LogP contribution < -0.4 is 15.6 Å². The molecule has 1 fully saturated rings. The third-order valence-electron chi connectivity index (χ3n) is 5.53. The predicted molar refractivity (Wildman–Crippen MR) is 123 cm³/mol. The Kier molecular flexibility index (Phi) is 7.68. The first-order valence-electron chi connectivity index (χ1n) is 11.1.